The lowest BCUT2D eigenvalue weighted by Gasteiger charge is -2.34. The molecular formula is C12H22N4. The summed E-state index contributed by atoms with van der Waals surface area (Å²) in [7, 11) is 0. The van der Waals surface area contributed by atoms with Crippen LogP contribution in [0.4, 0.5) is 0 Å². The summed E-state index contributed by atoms with van der Waals surface area (Å²) < 4.78 is 1.87. The average Bonchev–Trinajstić information content (AvgIpc) is 2.73. The fourth-order valence-electron chi connectivity index (χ4n) is 2.34. The molecule has 1 fully saturated rings. The van der Waals surface area contributed by atoms with E-state index in [0.717, 1.165) is 13.1 Å². The highest BCUT2D eigenvalue weighted by molar-refractivity contribution is 4.82. The van der Waals surface area contributed by atoms with E-state index in [1.807, 2.05) is 10.9 Å². The summed E-state index contributed by atoms with van der Waals surface area (Å²) >= 11 is 0. The van der Waals surface area contributed by atoms with Crippen LogP contribution in [-0.2, 0) is 6.54 Å². The first-order chi connectivity index (χ1) is 7.66. The van der Waals surface area contributed by atoms with Gasteiger partial charge in [0.05, 0.1) is 12.7 Å². The predicted molar refractivity (Wildman–Crippen MR) is 64.1 cm³/mol. The van der Waals surface area contributed by atoms with E-state index in [1.165, 1.54) is 25.7 Å². The first kappa shape index (κ1) is 11.6. The highest BCUT2D eigenvalue weighted by atomic mass is 15.4. The Balaban J connectivity index is 1.64. The van der Waals surface area contributed by atoms with E-state index in [9.17, 15) is 0 Å². The highest BCUT2D eigenvalue weighted by Gasteiger charge is 2.26. The molecule has 0 spiro atoms. The molecule has 0 bridgehead atoms. The second-order valence-electron chi connectivity index (χ2n) is 5.56. The first-order valence-corrected chi connectivity index (χ1v) is 6.23. The fraction of sp³-hybridized carbons (Fsp3) is 0.833. The van der Waals surface area contributed by atoms with Crippen LogP contribution in [-0.4, -0.2) is 27.6 Å². The largest absolute Gasteiger partial charge is 0.312 e. The number of rotatable bonds is 4. The molecule has 1 aromatic heterocycles. The van der Waals surface area contributed by atoms with Gasteiger partial charge < -0.3 is 5.32 Å². The van der Waals surface area contributed by atoms with Crippen molar-refractivity contribution >= 4 is 0 Å². The topological polar surface area (TPSA) is 42.7 Å². The number of hydrogen-bond donors (Lipinski definition) is 1. The van der Waals surface area contributed by atoms with Gasteiger partial charge in [-0.1, -0.05) is 19.1 Å². The fourth-order valence-corrected chi connectivity index (χ4v) is 2.34. The normalized spacial score (nSPS) is 21.1. The van der Waals surface area contributed by atoms with Crippen LogP contribution in [0.15, 0.2) is 12.4 Å². The van der Waals surface area contributed by atoms with Crippen LogP contribution in [0.5, 0.6) is 0 Å². The standard InChI is InChI=1S/C12H22N4/c1-12(2)5-3-11(4-6-12)13-7-9-16-10-8-14-15-16/h8,10-11,13H,3-7,9H2,1-2H3. The van der Waals surface area contributed by atoms with Gasteiger partial charge in [0.2, 0.25) is 0 Å². The Hall–Kier alpha value is -0.900. The van der Waals surface area contributed by atoms with Crippen molar-refractivity contribution in [2.75, 3.05) is 6.54 Å². The van der Waals surface area contributed by atoms with Gasteiger partial charge in [0.1, 0.15) is 0 Å². The Morgan fingerprint density at radius 3 is 2.75 bits per heavy atom. The molecule has 1 saturated carbocycles. The molecule has 0 saturated heterocycles. The molecule has 0 radical (unpaired) electrons. The lowest BCUT2D eigenvalue weighted by molar-refractivity contribution is 0.205. The number of nitrogens with one attached hydrogen (secondary N) is 1. The van der Waals surface area contributed by atoms with Crippen molar-refractivity contribution in [1.29, 1.82) is 0 Å². The van der Waals surface area contributed by atoms with Crippen LogP contribution in [0.25, 0.3) is 0 Å². The third kappa shape index (κ3) is 3.30. The van der Waals surface area contributed by atoms with Crippen LogP contribution >= 0.6 is 0 Å². The molecule has 4 nitrogen and oxygen atoms in total. The van der Waals surface area contributed by atoms with Gasteiger partial charge in [-0.15, -0.1) is 5.10 Å². The Bertz CT molecular complexity index is 295. The van der Waals surface area contributed by atoms with Crippen molar-refractivity contribution in [1.82, 2.24) is 20.3 Å². The van der Waals surface area contributed by atoms with E-state index < -0.39 is 0 Å². The molecule has 0 unspecified atom stereocenters. The smallest absolute Gasteiger partial charge is 0.0692 e. The molecule has 0 atom stereocenters. The quantitative estimate of drug-likeness (QED) is 0.845. The summed E-state index contributed by atoms with van der Waals surface area (Å²) in [5, 5.41) is 11.3. The van der Waals surface area contributed by atoms with Crippen LogP contribution in [0, 0.1) is 5.41 Å². The van der Waals surface area contributed by atoms with Gasteiger partial charge in [0, 0.05) is 18.8 Å². The van der Waals surface area contributed by atoms with Gasteiger partial charge in [-0.05, 0) is 31.1 Å². The minimum Gasteiger partial charge on any atom is -0.312 e. The van der Waals surface area contributed by atoms with Gasteiger partial charge in [-0.2, -0.15) is 0 Å². The minimum atomic E-state index is 0.560. The van der Waals surface area contributed by atoms with Crippen molar-refractivity contribution in [3.63, 3.8) is 0 Å². The van der Waals surface area contributed by atoms with Crippen molar-refractivity contribution < 1.29 is 0 Å². The van der Waals surface area contributed by atoms with Gasteiger partial charge in [-0.3, -0.25) is 4.68 Å². The number of nitrogens with zero attached hydrogens (tertiary/aromatic N) is 3. The summed E-state index contributed by atoms with van der Waals surface area (Å²) in [6, 6.07) is 0.705. The number of aromatic nitrogens is 3. The van der Waals surface area contributed by atoms with Gasteiger partial charge in [0.15, 0.2) is 0 Å². The highest BCUT2D eigenvalue weighted by Crippen LogP contribution is 2.34. The maximum Gasteiger partial charge on any atom is 0.0692 e. The SMILES string of the molecule is CC1(C)CCC(NCCn2ccnn2)CC1. The molecule has 0 aliphatic heterocycles. The van der Waals surface area contributed by atoms with Gasteiger partial charge >= 0.3 is 0 Å². The molecule has 4 heteroatoms. The minimum absolute atomic E-state index is 0.560. The zero-order chi connectivity index (χ0) is 11.4. The van der Waals surface area contributed by atoms with Crippen molar-refractivity contribution in [3.8, 4) is 0 Å². The van der Waals surface area contributed by atoms with Crippen LogP contribution in [0.3, 0.4) is 0 Å². The van der Waals surface area contributed by atoms with Gasteiger partial charge in [0.25, 0.3) is 0 Å². The van der Waals surface area contributed by atoms with E-state index in [4.69, 9.17) is 0 Å². The third-order valence-corrected chi connectivity index (χ3v) is 3.59. The molecule has 90 valence electrons. The third-order valence-electron chi connectivity index (χ3n) is 3.59. The van der Waals surface area contributed by atoms with Crippen molar-refractivity contribution in [2.45, 2.75) is 52.1 Å². The summed E-state index contributed by atoms with van der Waals surface area (Å²) in [6.07, 6.45) is 8.94. The van der Waals surface area contributed by atoms with E-state index in [0.29, 0.717) is 11.5 Å². The molecule has 1 aliphatic rings. The molecule has 0 amide bonds. The summed E-state index contributed by atoms with van der Waals surface area (Å²) in [5.41, 5.74) is 0.560. The van der Waals surface area contributed by atoms with E-state index >= 15 is 0 Å². The average molecular weight is 222 g/mol. The Morgan fingerprint density at radius 2 is 2.12 bits per heavy atom. The molecule has 2 rings (SSSR count). The Kier molecular flexibility index (Phi) is 3.59. The molecule has 1 heterocycles. The van der Waals surface area contributed by atoms with Crippen LogP contribution in [0.2, 0.25) is 0 Å². The van der Waals surface area contributed by atoms with E-state index in [1.54, 1.807) is 6.20 Å². The second-order valence-corrected chi connectivity index (χ2v) is 5.56. The van der Waals surface area contributed by atoms with Crippen molar-refractivity contribution in [3.05, 3.63) is 12.4 Å². The summed E-state index contributed by atoms with van der Waals surface area (Å²) in [5.74, 6) is 0. The van der Waals surface area contributed by atoms with Gasteiger partial charge in [-0.25, -0.2) is 0 Å². The van der Waals surface area contributed by atoms with E-state index in [-0.39, 0.29) is 0 Å². The molecular weight excluding hydrogens is 200 g/mol. The molecule has 1 aromatic rings. The monoisotopic (exact) mass is 222 g/mol. The van der Waals surface area contributed by atoms with Crippen molar-refractivity contribution in [2.24, 2.45) is 5.41 Å². The van der Waals surface area contributed by atoms with E-state index in [2.05, 4.69) is 29.5 Å². The number of hydrogen-bond acceptors (Lipinski definition) is 3. The molecule has 16 heavy (non-hydrogen) atoms. The predicted octanol–water partition coefficient (Wildman–Crippen LogP) is 1.84. The Labute approximate surface area is 97.4 Å². The zero-order valence-electron chi connectivity index (χ0n) is 10.3. The molecule has 1 N–H and O–H groups in total. The summed E-state index contributed by atoms with van der Waals surface area (Å²) in [4.78, 5) is 0. The van der Waals surface area contributed by atoms with Crippen LogP contribution in [0.1, 0.15) is 39.5 Å². The molecule has 0 aromatic carbocycles. The first-order valence-electron chi connectivity index (χ1n) is 6.23. The maximum atomic E-state index is 3.95. The molecule has 1 aliphatic carbocycles. The lowest BCUT2D eigenvalue weighted by Crippen LogP contribution is -2.37. The second kappa shape index (κ2) is 4.95. The maximum absolute atomic E-state index is 3.95. The lowest BCUT2D eigenvalue weighted by atomic mass is 9.75. The zero-order valence-corrected chi connectivity index (χ0v) is 10.3. The Morgan fingerprint density at radius 1 is 1.38 bits per heavy atom. The van der Waals surface area contributed by atoms with Crippen LogP contribution < -0.4 is 5.32 Å². The summed E-state index contributed by atoms with van der Waals surface area (Å²) in [6.45, 7) is 6.66.